The number of halogens is 1. The van der Waals surface area contributed by atoms with Gasteiger partial charge >= 0.3 is 0 Å². The van der Waals surface area contributed by atoms with Gasteiger partial charge < -0.3 is 15.4 Å². The van der Waals surface area contributed by atoms with Crippen LogP contribution in [0, 0.1) is 5.92 Å². The lowest BCUT2D eigenvalue weighted by Crippen LogP contribution is -2.38. The Morgan fingerprint density at radius 1 is 0.976 bits per heavy atom. The van der Waals surface area contributed by atoms with Crippen LogP contribution in [0.5, 0.6) is 0 Å². The van der Waals surface area contributed by atoms with E-state index >= 15 is 0 Å². The average Bonchev–Trinajstić information content (AvgIpc) is 3.02. The van der Waals surface area contributed by atoms with Gasteiger partial charge in [-0.05, 0) is 35.6 Å². The summed E-state index contributed by atoms with van der Waals surface area (Å²) in [7, 11) is 0. The van der Waals surface area contributed by atoms with E-state index in [4.69, 9.17) is 21.3 Å². The number of nitrogens with one attached hydrogen (secondary N) is 2. The van der Waals surface area contributed by atoms with Gasteiger partial charge in [-0.2, -0.15) is 0 Å². The number of rotatable bonds is 11. The van der Waals surface area contributed by atoms with Crippen LogP contribution in [-0.2, 0) is 9.53 Å². The highest BCUT2D eigenvalue weighted by Crippen LogP contribution is 2.33. The second-order valence-electron chi connectivity index (χ2n) is 10.7. The second-order valence-corrected chi connectivity index (χ2v) is 11.1. The van der Waals surface area contributed by atoms with Gasteiger partial charge in [-0.25, -0.2) is 0 Å². The molecule has 0 saturated heterocycles. The lowest BCUT2D eigenvalue weighted by atomic mass is 9.87. The van der Waals surface area contributed by atoms with E-state index in [2.05, 4.69) is 10.6 Å². The molecule has 0 spiro atoms. The van der Waals surface area contributed by atoms with Crippen LogP contribution in [0.3, 0.4) is 0 Å². The van der Waals surface area contributed by atoms with Gasteiger partial charge in [0, 0.05) is 23.7 Å². The molecule has 0 aromatic heterocycles. The van der Waals surface area contributed by atoms with E-state index in [1.807, 2.05) is 97.1 Å². The number of amides is 1. The molecule has 1 atom stereocenters. The number of nitrogens with zero attached hydrogens (tertiary/aromatic N) is 1. The molecule has 0 bridgehead atoms. The standard InChI is InChI=1S/C35H38ClN3O2/c36-30-20-10-19-29(24-30)33-32(35(40)37-22-11-16-26-12-4-1-5-13-26)31(25-41-23-21-27-14-6-2-7-15-27)38-34(39-33)28-17-8-3-9-18-28/h1,3-5,8-13,16-20,24,27,33H,2,6-7,14-15,21-23,25H2,(H,37,40)(H,38,39)/b16-11+. The predicted molar refractivity (Wildman–Crippen MR) is 168 cm³/mol. The van der Waals surface area contributed by atoms with Crippen LogP contribution in [-0.4, -0.2) is 31.5 Å². The fourth-order valence-electron chi connectivity index (χ4n) is 5.54. The van der Waals surface area contributed by atoms with Crippen molar-refractivity contribution in [2.75, 3.05) is 19.8 Å². The van der Waals surface area contributed by atoms with Gasteiger partial charge in [0.25, 0.3) is 5.91 Å². The molecule has 1 amide bonds. The lowest BCUT2D eigenvalue weighted by Gasteiger charge is -2.28. The number of hydrogen-bond donors (Lipinski definition) is 2. The fraction of sp³-hybridized carbons (Fsp3) is 0.314. The molecule has 3 aromatic carbocycles. The van der Waals surface area contributed by atoms with E-state index in [-0.39, 0.29) is 5.91 Å². The molecule has 1 aliphatic carbocycles. The second kappa shape index (κ2) is 14.8. The number of ether oxygens (including phenoxy) is 1. The molecule has 1 heterocycles. The van der Waals surface area contributed by atoms with E-state index < -0.39 is 6.04 Å². The monoisotopic (exact) mass is 567 g/mol. The topological polar surface area (TPSA) is 62.7 Å². The van der Waals surface area contributed by atoms with Crippen molar-refractivity contribution in [3.63, 3.8) is 0 Å². The molecule has 5 rings (SSSR count). The lowest BCUT2D eigenvalue weighted by molar-refractivity contribution is -0.117. The molecule has 1 fully saturated rings. The normalized spacial score (nSPS) is 17.8. The summed E-state index contributed by atoms with van der Waals surface area (Å²) < 4.78 is 6.24. The minimum Gasteiger partial charge on any atom is -0.375 e. The Kier molecular flexibility index (Phi) is 10.4. The summed E-state index contributed by atoms with van der Waals surface area (Å²) in [5, 5.41) is 7.15. The van der Waals surface area contributed by atoms with E-state index in [1.165, 1.54) is 32.1 Å². The van der Waals surface area contributed by atoms with E-state index in [9.17, 15) is 4.79 Å². The molecular formula is C35H38ClN3O2. The van der Waals surface area contributed by atoms with Gasteiger partial charge in [0.1, 0.15) is 11.9 Å². The van der Waals surface area contributed by atoms with Gasteiger partial charge in [0.05, 0.1) is 17.9 Å². The van der Waals surface area contributed by atoms with E-state index in [0.29, 0.717) is 36.2 Å². The first-order valence-corrected chi connectivity index (χ1v) is 15.0. The summed E-state index contributed by atoms with van der Waals surface area (Å²) in [4.78, 5) is 18.9. The number of amidine groups is 1. The first-order valence-electron chi connectivity index (χ1n) is 14.6. The van der Waals surface area contributed by atoms with E-state index in [0.717, 1.165) is 34.7 Å². The first-order chi connectivity index (χ1) is 20.2. The van der Waals surface area contributed by atoms with Crippen molar-refractivity contribution in [1.82, 2.24) is 10.6 Å². The van der Waals surface area contributed by atoms with Crippen LogP contribution >= 0.6 is 11.6 Å². The molecule has 5 nitrogen and oxygen atoms in total. The summed E-state index contributed by atoms with van der Waals surface area (Å²) in [6.07, 6.45) is 11.6. The van der Waals surface area contributed by atoms with Gasteiger partial charge in [-0.15, -0.1) is 0 Å². The van der Waals surface area contributed by atoms with Crippen molar-refractivity contribution in [3.8, 4) is 0 Å². The summed E-state index contributed by atoms with van der Waals surface area (Å²) >= 11 is 6.40. The highest BCUT2D eigenvalue weighted by atomic mass is 35.5. The van der Waals surface area contributed by atoms with Gasteiger partial charge in [0.15, 0.2) is 0 Å². The molecule has 1 saturated carbocycles. The molecule has 0 radical (unpaired) electrons. The summed E-state index contributed by atoms with van der Waals surface area (Å²) in [6.45, 7) is 1.37. The van der Waals surface area contributed by atoms with Crippen LogP contribution < -0.4 is 10.6 Å². The quantitative estimate of drug-likeness (QED) is 0.236. The molecule has 1 aliphatic heterocycles. The third kappa shape index (κ3) is 8.18. The number of benzene rings is 3. The fourth-order valence-corrected chi connectivity index (χ4v) is 5.74. The molecule has 3 aromatic rings. The largest absolute Gasteiger partial charge is 0.375 e. The van der Waals surface area contributed by atoms with Crippen LogP contribution in [0.25, 0.3) is 6.08 Å². The average molecular weight is 568 g/mol. The van der Waals surface area contributed by atoms with Crippen LogP contribution in [0.15, 0.2) is 107 Å². The number of carbonyl (C=O) groups excluding carboxylic acids is 1. The Bertz CT molecular complexity index is 1380. The minimum atomic E-state index is -0.528. The van der Waals surface area contributed by atoms with Crippen molar-refractivity contribution in [3.05, 3.63) is 124 Å². The molecule has 41 heavy (non-hydrogen) atoms. The Morgan fingerprint density at radius 2 is 1.73 bits per heavy atom. The number of carbonyl (C=O) groups is 1. The number of hydrogen-bond acceptors (Lipinski definition) is 4. The zero-order valence-corrected chi connectivity index (χ0v) is 24.2. The molecule has 2 aliphatic rings. The minimum absolute atomic E-state index is 0.179. The zero-order chi connectivity index (χ0) is 28.3. The summed E-state index contributed by atoms with van der Waals surface area (Å²) in [5.74, 6) is 1.26. The maximum atomic E-state index is 13.8. The Morgan fingerprint density at radius 3 is 2.49 bits per heavy atom. The Labute approximate surface area is 248 Å². The van der Waals surface area contributed by atoms with Crippen LogP contribution in [0.2, 0.25) is 5.02 Å². The zero-order valence-electron chi connectivity index (χ0n) is 23.4. The van der Waals surface area contributed by atoms with Crippen LogP contribution in [0.1, 0.15) is 61.3 Å². The maximum Gasteiger partial charge on any atom is 0.251 e. The highest BCUT2D eigenvalue weighted by Gasteiger charge is 2.31. The third-order valence-corrected chi connectivity index (χ3v) is 7.95. The number of aliphatic imine (C=N–C) groups is 1. The Balaban J connectivity index is 1.40. The summed E-state index contributed by atoms with van der Waals surface area (Å²) in [6, 6.07) is 27.1. The summed E-state index contributed by atoms with van der Waals surface area (Å²) in [5.41, 5.74) is 4.18. The van der Waals surface area contributed by atoms with Crippen molar-refractivity contribution in [2.45, 2.75) is 44.6 Å². The van der Waals surface area contributed by atoms with E-state index in [1.54, 1.807) is 0 Å². The van der Waals surface area contributed by atoms with Crippen molar-refractivity contribution >= 4 is 29.4 Å². The molecular weight excluding hydrogens is 530 g/mol. The van der Waals surface area contributed by atoms with Gasteiger partial charge in [0.2, 0.25) is 0 Å². The van der Waals surface area contributed by atoms with Crippen molar-refractivity contribution in [2.24, 2.45) is 10.9 Å². The Hall–Kier alpha value is -3.67. The van der Waals surface area contributed by atoms with Crippen molar-refractivity contribution in [1.29, 1.82) is 0 Å². The van der Waals surface area contributed by atoms with Gasteiger partial charge in [-0.1, -0.05) is 129 Å². The highest BCUT2D eigenvalue weighted by molar-refractivity contribution is 6.30. The predicted octanol–water partition coefficient (Wildman–Crippen LogP) is 7.50. The van der Waals surface area contributed by atoms with Gasteiger partial charge in [-0.3, -0.25) is 9.79 Å². The molecule has 6 heteroatoms. The van der Waals surface area contributed by atoms with Crippen LogP contribution in [0.4, 0.5) is 0 Å². The molecule has 2 N–H and O–H groups in total. The maximum absolute atomic E-state index is 13.8. The first kappa shape index (κ1) is 28.8. The molecule has 1 unspecified atom stereocenters. The molecule has 212 valence electrons. The SMILES string of the molecule is O=C(NC/C=C/c1ccccc1)C1=C(COCCC2CCCCC2)NC(c2ccccc2)=NC1c1cccc(Cl)c1. The smallest absolute Gasteiger partial charge is 0.251 e. The van der Waals surface area contributed by atoms with Crippen molar-refractivity contribution < 1.29 is 9.53 Å². The third-order valence-electron chi connectivity index (χ3n) is 7.71.